The van der Waals surface area contributed by atoms with Crippen molar-refractivity contribution in [1.82, 2.24) is 9.97 Å². The quantitative estimate of drug-likeness (QED) is 0.369. The van der Waals surface area contributed by atoms with Crippen LogP contribution in [0.1, 0.15) is 22.2 Å². The van der Waals surface area contributed by atoms with Gasteiger partial charge in [0.25, 0.3) is 5.56 Å². The molecule has 3 aromatic rings. The zero-order valence-electron chi connectivity index (χ0n) is 13.6. The summed E-state index contributed by atoms with van der Waals surface area (Å²) < 4.78 is 10.4. The van der Waals surface area contributed by atoms with Gasteiger partial charge in [-0.25, -0.2) is 10.2 Å². The van der Waals surface area contributed by atoms with Gasteiger partial charge in [-0.2, -0.15) is 5.23 Å². The molecule has 138 valence electrons. The van der Waals surface area contributed by atoms with Crippen molar-refractivity contribution in [2.45, 2.75) is 6.10 Å². The molecule has 0 saturated heterocycles. The molecule has 4 N–H and O–H groups in total. The zero-order valence-corrected chi connectivity index (χ0v) is 13.6. The third-order valence-electron chi connectivity index (χ3n) is 4.13. The molecule has 0 radical (unpaired) electrons. The maximum absolute atomic E-state index is 12.6. The zero-order chi connectivity index (χ0) is 19.1. The molecule has 2 aromatic carbocycles. The molecular formula is C17H13N3O7. The smallest absolute Gasteiger partial charge is 0.278 e. The molecule has 10 heteroatoms. The number of rotatable bonds is 4. The van der Waals surface area contributed by atoms with Gasteiger partial charge in [0, 0.05) is 12.1 Å². The van der Waals surface area contributed by atoms with E-state index in [-0.39, 0.29) is 29.1 Å². The Morgan fingerprint density at radius 2 is 2.00 bits per heavy atom. The number of ketones is 1. The Balaban J connectivity index is 1.70. The summed E-state index contributed by atoms with van der Waals surface area (Å²) in [6.07, 6.45) is -1.62. The molecule has 2 unspecified atom stereocenters. The molecule has 10 nitrogen and oxygen atoms in total. The van der Waals surface area contributed by atoms with Gasteiger partial charge >= 0.3 is 0 Å². The van der Waals surface area contributed by atoms with Crippen molar-refractivity contribution in [1.29, 1.82) is 0 Å². The molecule has 0 saturated carbocycles. The van der Waals surface area contributed by atoms with Crippen molar-refractivity contribution in [3.8, 4) is 11.5 Å². The van der Waals surface area contributed by atoms with Crippen molar-refractivity contribution in [2.24, 2.45) is 0 Å². The first kappa shape index (κ1) is 17.1. The number of aromatic amines is 1. The number of fused-ring (bicyclic) bond motifs is 2. The number of hydrogen-bond donors (Lipinski definition) is 4. The summed E-state index contributed by atoms with van der Waals surface area (Å²) in [5, 5.41) is 29.2. The monoisotopic (exact) mass is 371 g/mol. The molecule has 27 heavy (non-hydrogen) atoms. The van der Waals surface area contributed by atoms with Crippen LogP contribution in [0.15, 0.2) is 41.2 Å². The molecule has 4 rings (SSSR count). The van der Waals surface area contributed by atoms with Crippen LogP contribution in [0, 0.1) is 5.21 Å². The molecule has 0 amide bonds. The van der Waals surface area contributed by atoms with E-state index in [1.807, 2.05) is 0 Å². The van der Waals surface area contributed by atoms with E-state index in [0.717, 1.165) is 0 Å². The number of hydrogen-bond acceptors (Lipinski definition) is 8. The Labute approximate surface area is 150 Å². The summed E-state index contributed by atoms with van der Waals surface area (Å²) in [6, 6.07) is 8.43. The molecule has 1 aliphatic rings. The second-order valence-corrected chi connectivity index (χ2v) is 5.83. The van der Waals surface area contributed by atoms with Gasteiger partial charge in [-0.1, -0.05) is 6.07 Å². The number of aliphatic hydroxyl groups excluding tert-OH is 1. The number of nitrogens with one attached hydrogen (secondary N) is 2. The highest BCUT2D eigenvalue weighted by Gasteiger charge is 2.26. The second kappa shape index (κ2) is 6.45. The molecule has 2 heterocycles. The Bertz CT molecular complexity index is 1110. The number of benzene rings is 2. The lowest BCUT2D eigenvalue weighted by Gasteiger charge is -2.12. The summed E-state index contributed by atoms with van der Waals surface area (Å²) in [7, 11) is 0. The predicted molar refractivity (Wildman–Crippen MR) is 90.0 cm³/mol. The lowest BCUT2D eigenvalue weighted by atomic mass is 10.0. The minimum absolute atomic E-state index is 0.0283. The van der Waals surface area contributed by atoms with E-state index in [2.05, 4.69) is 9.97 Å². The topological polar surface area (TPSA) is 149 Å². The SMILES string of the molecule is O=C(c1nc2ccc([NH+]([O-])O)cc2[nH]c1=O)C(O)c1ccc2c(c1)OCO2. The summed E-state index contributed by atoms with van der Waals surface area (Å²) in [6.45, 7) is 0.0487. The highest BCUT2D eigenvalue weighted by atomic mass is 16.8. The van der Waals surface area contributed by atoms with Crippen LogP contribution in [-0.4, -0.2) is 32.9 Å². The van der Waals surface area contributed by atoms with Crippen LogP contribution >= 0.6 is 0 Å². The largest absolute Gasteiger partial charge is 0.595 e. The Morgan fingerprint density at radius 3 is 2.78 bits per heavy atom. The number of carbonyl (C=O) groups is 1. The Kier molecular flexibility index (Phi) is 4.09. The number of aromatic nitrogens is 2. The number of H-pyrrole nitrogens is 1. The summed E-state index contributed by atoms with van der Waals surface area (Å²) in [4.78, 5) is 31.2. The normalized spacial score (nSPS) is 14.9. The minimum Gasteiger partial charge on any atom is -0.595 e. The molecule has 0 bridgehead atoms. The van der Waals surface area contributed by atoms with E-state index < -0.39 is 28.4 Å². The highest BCUT2D eigenvalue weighted by Crippen LogP contribution is 2.34. The van der Waals surface area contributed by atoms with Crippen molar-refractivity contribution in [3.63, 3.8) is 0 Å². The van der Waals surface area contributed by atoms with Crippen LogP contribution in [0.3, 0.4) is 0 Å². The molecule has 1 aromatic heterocycles. The van der Waals surface area contributed by atoms with E-state index >= 15 is 0 Å². The van der Waals surface area contributed by atoms with Crippen molar-refractivity contribution in [2.75, 3.05) is 6.79 Å². The van der Waals surface area contributed by atoms with Crippen LogP contribution in [0.5, 0.6) is 11.5 Å². The summed E-state index contributed by atoms with van der Waals surface area (Å²) >= 11 is 0. The number of ether oxygens (including phenoxy) is 2. The minimum atomic E-state index is -1.62. The van der Waals surface area contributed by atoms with Crippen LogP contribution < -0.4 is 20.3 Å². The summed E-state index contributed by atoms with van der Waals surface area (Å²) in [5.41, 5.74) is -0.702. The van der Waals surface area contributed by atoms with E-state index in [4.69, 9.17) is 14.7 Å². The Morgan fingerprint density at radius 1 is 1.22 bits per heavy atom. The van der Waals surface area contributed by atoms with E-state index in [9.17, 15) is 19.9 Å². The molecular weight excluding hydrogens is 358 g/mol. The van der Waals surface area contributed by atoms with Gasteiger partial charge in [-0.3, -0.25) is 9.59 Å². The molecule has 0 spiro atoms. The number of carbonyl (C=O) groups excluding carboxylic acids is 1. The number of Topliss-reactive ketones (excluding diaryl/α,β-unsaturated/α-hetero) is 1. The van der Waals surface area contributed by atoms with Crippen LogP contribution in [0.25, 0.3) is 11.0 Å². The second-order valence-electron chi connectivity index (χ2n) is 5.83. The third kappa shape index (κ3) is 3.02. The van der Waals surface area contributed by atoms with Crippen molar-refractivity contribution >= 4 is 22.5 Å². The van der Waals surface area contributed by atoms with Gasteiger partial charge in [0.05, 0.1) is 11.0 Å². The Hall–Kier alpha value is -3.31. The fraction of sp³-hybridized carbons (Fsp3) is 0.118. The number of aliphatic hydroxyl groups is 1. The molecule has 0 aliphatic carbocycles. The molecule has 0 fully saturated rings. The molecule has 2 atom stereocenters. The van der Waals surface area contributed by atoms with Crippen molar-refractivity contribution < 1.29 is 29.8 Å². The first-order chi connectivity index (χ1) is 12.9. The van der Waals surface area contributed by atoms with E-state index in [0.29, 0.717) is 11.5 Å². The third-order valence-corrected chi connectivity index (χ3v) is 4.13. The van der Waals surface area contributed by atoms with Crippen LogP contribution in [0.2, 0.25) is 0 Å². The number of nitrogens with zero attached hydrogens (tertiary/aromatic N) is 1. The fourth-order valence-electron chi connectivity index (χ4n) is 2.75. The number of quaternary nitrogens is 1. The van der Waals surface area contributed by atoms with Crippen LogP contribution in [0.4, 0.5) is 5.69 Å². The maximum Gasteiger partial charge on any atom is 0.278 e. The average Bonchev–Trinajstić information content (AvgIpc) is 3.13. The first-order valence-electron chi connectivity index (χ1n) is 7.83. The fourth-order valence-corrected chi connectivity index (χ4v) is 2.75. The average molecular weight is 371 g/mol. The maximum atomic E-state index is 12.6. The molecule has 1 aliphatic heterocycles. The summed E-state index contributed by atoms with van der Waals surface area (Å²) in [5.74, 6) is -0.00503. The van der Waals surface area contributed by atoms with E-state index in [1.165, 1.54) is 30.3 Å². The van der Waals surface area contributed by atoms with Gasteiger partial charge < -0.3 is 24.8 Å². The first-order valence-corrected chi connectivity index (χ1v) is 7.83. The predicted octanol–water partition coefficient (Wildman–Crippen LogP) is -0.0285. The van der Waals surface area contributed by atoms with Gasteiger partial charge in [-0.15, -0.1) is 0 Å². The van der Waals surface area contributed by atoms with Gasteiger partial charge in [0.15, 0.2) is 22.9 Å². The van der Waals surface area contributed by atoms with Gasteiger partial charge in [0.2, 0.25) is 12.6 Å². The highest BCUT2D eigenvalue weighted by molar-refractivity contribution is 5.99. The van der Waals surface area contributed by atoms with Crippen LogP contribution in [-0.2, 0) is 0 Å². The van der Waals surface area contributed by atoms with Gasteiger partial charge in [0.1, 0.15) is 6.10 Å². The lowest BCUT2D eigenvalue weighted by Crippen LogP contribution is -2.99. The van der Waals surface area contributed by atoms with Crippen molar-refractivity contribution in [3.05, 3.63) is 63.2 Å². The standard InChI is InChI=1S/C17H13N3O7/c21-15(8-1-4-12-13(5-8)27-7-26-12)16(22)14-17(23)19-11-6-9(20(24)25)2-3-10(11)18-14/h1-6,15,20-21,24H,7H2,(H,19,23). The van der Waals surface area contributed by atoms with Gasteiger partial charge in [-0.05, 0) is 23.8 Å². The van der Waals surface area contributed by atoms with E-state index in [1.54, 1.807) is 6.07 Å². The lowest BCUT2D eigenvalue weighted by molar-refractivity contribution is -0.991.